The second-order valence-corrected chi connectivity index (χ2v) is 7.82. The van der Waals surface area contributed by atoms with Crippen molar-refractivity contribution in [3.63, 3.8) is 0 Å². The molecule has 0 amide bonds. The fourth-order valence-electron chi connectivity index (χ4n) is 4.46. The van der Waals surface area contributed by atoms with Crippen LogP contribution in [0.1, 0.15) is 31.2 Å². The molecule has 0 aliphatic heterocycles. The Bertz CT molecular complexity index is 985. The number of carbonyl (C=O) groups excluding carboxylic acids is 1. The highest BCUT2D eigenvalue weighted by Gasteiger charge is 2.42. The average Bonchev–Trinajstić information content (AvgIpc) is 2.81. The summed E-state index contributed by atoms with van der Waals surface area (Å²) in [6.45, 7) is 3.96. The average molecular weight is 394 g/mol. The molecule has 3 aromatic rings. The molecule has 0 aromatic heterocycles. The highest BCUT2D eigenvalue weighted by molar-refractivity contribution is 6.05. The van der Waals surface area contributed by atoms with Crippen molar-refractivity contribution in [1.82, 2.24) is 0 Å². The standard InChI is InChI=1S/C28H27NO/c1-2-20-28(24-14-6-3-7-15-24)21-12-13-23(27(28)30)22-29(25-16-8-4-9-17-25)26-18-10-5-11-19-26/h2-11,14-19,22H,1,12-13,20-21H2/b23-22+. The second kappa shape index (κ2) is 8.96. The summed E-state index contributed by atoms with van der Waals surface area (Å²) in [5.74, 6) is 0.219. The van der Waals surface area contributed by atoms with Gasteiger partial charge in [-0.3, -0.25) is 4.79 Å². The predicted molar refractivity (Wildman–Crippen MR) is 125 cm³/mol. The molecule has 1 aliphatic carbocycles. The van der Waals surface area contributed by atoms with Crippen LogP contribution >= 0.6 is 0 Å². The minimum Gasteiger partial charge on any atom is -0.317 e. The van der Waals surface area contributed by atoms with Crippen molar-refractivity contribution < 1.29 is 4.79 Å². The molecule has 1 fully saturated rings. The van der Waals surface area contributed by atoms with Gasteiger partial charge in [0.25, 0.3) is 0 Å². The zero-order valence-electron chi connectivity index (χ0n) is 17.2. The Morgan fingerprint density at radius 1 is 0.833 bits per heavy atom. The van der Waals surface area contributed by atoms with E-state index < -0.39 is 5.41 Å². The molecular weight excluding hydrogens is 366 g/mol. The smallest absolute Gasteiger partial charge is 0.171 e. The third-order valence-electron chi connectivity index (χ3n) is 5.95. The van der Waals surface area contributed by atoms with E-state index in [0.29, 0.717) is 6.42 Å². The van der Waals surface area contributed by atoms with Crippen LogP contribution in [0.5, 0.6) is 0 Å². The number of benzene rings is 3. The summed E-state index contributed by atoms with van der Waals surface area (Å²) in [6.07, 6.45) is 7.23. The summed E-state index contributed by atoms with van der Waals surface area (Å²) in [5.41, 5.74) is 3.53. The molecule has 0 spiro atoms. The van der Waals surface area contributed by atoms with Gasteiger partial charge in [-0.1, -0.05) is 72.8 Å². The maximum Gasteiger partial charge on any atom is 0.171 e. The first kappa shape index (κ1) is 19.9. The Balaban J connectivity index is 1.79. The summed E-state index contributed by atoms with van der Waals surface area (Å²) in [6, 6.07) is 30.6. The van der Waals surface area contributed by atoms with Gasteiger partial charge < -0.3 is 4.90 Å². The Labute approximate surface area is 179 Å². The largest absolute Gasteiger partial charge is 0.317 e. The van der Waals surface area contributed by atoms with Crippen LogP contribution in [0.2, 0.25) is 0 Å². The van der Waals surface area contributed by atoms with Crippen molar-refractivity contribution in [1.29, 1.82) is 0 Å². The molecule has 30 heavy (non-hydrogen) atoms. The molecule has 3 aromatic carbocycles. The SMILES string of the molecule is C=CCC1(c2ccccc2)CCC/C(=C\N(c2ccccc2)c2ccccc2)C1=O. The van der Waals surface area contributed by atoms with Crippen LogP contribution < -0.4 is 4.90 Å². The summed E-state index contributed by atoms with van der Waals surface area (Å²) in [5, 5.41) is 0. The van der Waals surface area contributed by atoms with Gasteiger partial charge in [0.05, 0.1) is 5.41 Å². The van der Waals surface area contributed by atoms with Crippen molar-refractivity contribution in [2.24, 2.45) is 0 Å². The van der Waals surface area contributed by atoms with Crippen molar-refractivity contribution in [3.05, 3.63) is 121 Å². The van der Waals surface area contributed by atoms with Crippen LogP contribution in [0, 0.1) is 0 Å². The number of carbonyl (C=O) groups is 1. The Morgan fingerprint density at radius 2 is 1.37 bits per heavy atom. The van der Waals surface area contributed by atoms with Crippen LogP contribution in [-0.2, 0) is 10.2 Å². The Morgan fingerprint density at radius 3 is 1.90 bits per heavy atom. The highest BCUT2D eigenvalue weighted by Crippen LogP contribution is 2.42. The quantitative estimate of drug-likeness (QED) is 0.333. The number of ketones is 1. The van der Waals surface area contributed by atoms with Crippen LogP contribution in [-0.4, -0.2) is 5.78 Å². The summed E-state index contributed by atoms with van der Waals surface area (Å²) in [7, 11) is 0. The van der Waals surface area contributed by atoms with Crippen LogP contribution in [0.3, 0.4) is 0 Å². The van der Waals surface area contributed by atoms with Crippen LogP contribution in [0.25, 0.3) is 0 Å². The minimum absolute atomic E-state index is 0.219. The molecule has 0 N–H and O–H groups in total. The number of para-hydroxylation sites is 2. The van der Waals surface area contributed by atoms with E-state index in [1.165, 1.54) is 0 Å². The van der Waals surface area contributed by atoms with E-state index in [9.17, 15) is 4.79 Å². The molecule has 150 valence electrons. The first-order chi connectivity index (χ1) is 14.7. The molecule has 1 atom stereocenters. The van der Waals surface area contributed by atoms with Gasteiger partial charge in [0.15, 0.2) is 5.78 Å². The van der Waals surface area contributed by atoms with E-state index in [4.69, 9.17) is 0 Å². The zero-order valence-corrected chi connectivity index (χ0v) is 17.2. The Kier molecular flexibility index (Phi) is 5.94. The first-order valence-corrected chi connectivity index (χ1v) is 10.6. The third-order valence-corrected chi connectivity index (χ3v) is 5.95. The van der Waals surface area contributed by atoms with Crippen molar-refractivity contribution in [3.8, 4) is 0 Å². The van der Waals surface area contributed by atoms with E-state index in [0.717, 1.165) is 41.8 Å². The normalized spacial score (nSPS) is 20.1. The van der Waals surface area contributed by atoms with Gasteiger partial charge in [0, 0.05) is 23.1 Å². The lowest BCUT2D eigenvalue weighted by Gasteiger charge is -2.37. The Hall–Kier alpha value is -3.39. The number of Topliss-reactive ketones (excluding diaryl/α,β-unsaturated/α-hetero) is 1. The maximum atomic E-state index is 13.9. The fourth-order valence-corrected chi connectivity index (χ4v) is 4.46. The molecule has 4 rings (SSSR count). The molecule has 1 saturated carbocycles. The number of rotatable bonds is 6. The molecule has 2 heteroatoms. The number of anilines is 2. The van der Waals surface area contributed by atoms with Gasteiger partial charge in [0.1, 0.15) is 0 Å². The van der Waals surface area contributed by atoms with Crippen molar-refractivity contribution >= 4 is 17.2 Å². The third kappa shape index (κ3) is 3.86. The maximum absolute atomic E-state index is 13.9. The lowest BCUT2D eigenvalue weighted by Crippen LogP contribution is -2.40. The summed E-state index contributed by atoms with van der Waals surface area (Å²) in [4.78, 5) is 16.0. The number of nitrogens with zero attached hydrogens (tertiary/aromatic N) is 1. The van der Waals surface area contributed by atoms with Gasteiger partial charge in [-0.15, -0.1) is 6.58 Å². The van der Waals surface area contributed by atoms with Crippen molar-refractivity contribution in [2.45, 2.75) is 31.1 Å². The predicted octanol–water partition coefficient (Wildman–Crippen LogP) is 6.98. The molecule has 0 heterocycles. The lowest BCUT2D eigenvalue weighted by atomic mass is 9.65. The van der Waals surface area contributed by atoms with Gasteiger partial charge in [0.2, 0.25) is 0 Å². The molecule has 0 saturated heterocycles. The second-order valence-electron chi connectivity index (χ2n) is 7.82. The molecule has 1 unspecified atom stereocenters. The van der Waals surface area contributed by atoms with E-state index >= 15 is 0 Å². The molecular formula is C28H27NO. The monoisotopic (exact) mass is 393 g/mol. The number of hydrogen-bond donors (Lipinski definition) is 0. The fraction of sp³-hybridized carbons (Fsp3) is 0.179. The highest BCUT2D eigenvalue weighted by atomic mass is 16.1. The summed E-state index contributed by atoms with van der Waals surface area (Å²) >= 11 is 0. The van der Waals surface area contributed by atoms with E-state index in [-0.39, 0.29) is 5.78 Å². The molecule has 0 radical (unpaired) electrons. The van der Waals surface area contributed by atoms with Gasteiger partial charge >= 0.3 is 0 Å². The van der Waals surface area contributed by atoms with E-state index in [2.05, 4.69) is 47.9 Å². The van der Waals surface area contributed by atoms with Crippen LogP contribution in [0.15, 0.2) is 115 Å². The first-order valence-electron chi connectivity index (χ1n) is 10.6. The molecule has 0 bridgehead atoms. The zero-order chi connectivity index (χ0) is 20.8. The summed E-state index contributed by atoms with van der Waals surface area (Å²) < 4.78 is 0. The van der Waals surface area contributed by atoms with Crippen LogP contribution in [0.4, 0.5) is 11.4 Å². The van der Waals surface area contributed by atoms with Gasteiger partial charge in [-0.05, 0) is 55.5 Å². The topological polar surface area (TPSA) is 20.3 Å². The minimum atomic E-state index is -0.522. The van der Waals surface area contributed by atoms with Crippen molar-refractivity contribution in [2.75, 3.05) is 4.90 Å². The van der Waals surface area contributed by atoms with Gasteiger partial charge in [-0.25, -0.2) is 0 Å². The van der Waals surface area contributed by atoms with E-state index in [1.807, 2.05) is 66.9 Å². The van der Waals surface area contributed by atoms with Gasteiger partial charge in [-0.2, -0.15) is 0 Å². The number of hydrogen-bond acceptors (Lipinski definition) is 2. The van der Waals surface area contributed by atoms with E-state index in [1.54, 1.807) is 0 Å². The number of allylic oxidation sites excluding steroid dienone is 2. The molecule has 2 nitrogen and oxygen atoms in total. The molecule has 1 aliphatic rings. The lowest BCUT2D eigenvalue weighted by molar-refractivity contribution is -0.122.